The minimum atomic E-state index is -4.41. The normalized spacial score (nSPS) is 11.3. The molecule has 2 nitrogen and oxygen atoms in total. The van der Waals surface area contributed by atoms with Gasteiger partial charge in [-0.3, -0.25) is 0 Å². The van der Waals surface area contributed by atoms with Gasteiger partial charge in [-0.05, 0) is 17.7 Å². The predicted octanol–water partition coefficient (Wildman–Crippen LogP) is 3.76. The molecule has 0 spiro atoms. The van der Waals surface area contributed by atoms with Gasteiger partial charge in [-0.2, -0.15) is 13.2 Å². The van der Waals surface area contributed by atoms with Crippen LogP contribution < -0.4 is 4.74 Å². The van der Waals surface area contributed by atoms with Crippen LogP contribution in [0.1, 0.15) is 17.5 Å². The van der Waals surface area contributed by atoms with Crippen LogP contribution in [0, 0.1) is 0 Å². The summed E-state index contributed by atoms with van der Waals surface area (Å²) < 4.78 is 48.3. The molecule has 1 rings (SSSR count). The first-order chi connectivity index (χ1) is 8.49. The van der Waals surface area contributed by atoms with Crippen molar-refractivity contribution < 1.29 is 22.6 Å². The van der Waals surface area contributed by atoms with Crippen molar-refractivity contribution in [3.63, 3.8) is 0 Å². The van der Waals surface area contributed by atoms with Gasteiger partial charge >= 0.3 is 6.18 Å². The van der Waals surface area contributed by atoms with Gasteiger partial charge in [-0.1, -0.05) is 18.7 Å². The summed E-state index contributed by atoms with van der Waals surface area (Å²) in [4.78, 5) is 0. The van der Waals surface area contributed by atoms with E-state index in [9.17, 15) is 13.2 Å². The van der Waals surface area contributed by atoms with Crippen LogP contribution in [-0.2, 0) is 10.9 Å². The van der Waals surface area contributed by atoms with Crippen LogP contribution in [0.15, 0.2) is 24.8 Å². The second kappa shape index (κ2) is 6.44. The molecule has 5 heteroatoms. The lowest BCUT2D eigenvalue weighted by atomic mass is 10.1. The maximum atomic E-state index is 12.7. The van der Waals surface area contributed by atoms with Gasteiger partial charge in [0.1, 0.15) is 5.75 Å². The number of hydrogen-bond acceptors (Lipinski definition) is 2. The lowest BCUT2D eigenvalue weighted by Gasteiger charge is -2.13. The van der Waals surface area contributed by atoms with Crippen molar-refractivity contribution in [2.24, 2.45) is 0 Å². The minimum Gasteiger partial charge on any atom is -0.493 e. The zero-order valence-electron chi connectivity index (χ0n) is 10.1. The smallest absolute Gasteiger partial charge is 0.417 e. The largest absolute Gasteiger partial charge is 0.493 e. The first-order valence-corrected chi connectivity index (χ1v) is 5.44. The molecule has 0 amide bonds. The van der Waals surface area contributed by atoms with Crippen molar-refractivity contribution in [3.05, 3.63) is 35.9 Å². The number of halogens is 3. The molecule has 1 aromatic carbocycles. The molecule has 0 radical (unpaired) electrons. The summed E-state index contributed by atoms with van der Waals surface area (Å²) in [6, 6.07) is 3.84. The van der Waals surface area contributed by atoms with E-state index in [1.807, 2.05) is 0 Å². The van der Waals surface area contributed by atoms with Gasteiger partial charge in [0.2, 0.25) is 0 Å². The molecule has 0 aliphatic rings. The molecule has 0 saturated heterocycles. The molecule has 0 heterocycles. The summed E-state index contributed by atoms with van der Waals surface area (Å²) in [5.74, 6) is 0.198. The van der Waals surface area contributed by atoms with E-state index >= 15 is 0 Å². The second-order valence-electron chi connectivity index (χ2n) is 3.65. The van der Waals surface area contributed by atoms with E-state index in [-0.39, 0.29) is 11.3 Å². The average Bonchev–Trinajstić information content (AvgIpc) is 2.33. The molecule has 0 aromatic heterocycles. The van der Waals surface area contributed by atoms with Crippen molar-refractivity contribution in [1.82, 2.24) is 0 Å². The third-order valence-corrected chi connectivity index (χ3v) is 2.31. The van der Waals surface area contributed by atoms with Gasteiger partial charge in [0.05, 0.1) is 12.2 Å². The van der Waals surface area contributed by atoms with Crippen molar-refractivity contribution in [2.45, 2.75) is 12.6 Å². The number of hydrogen-bond donors (Lipinski definition) is 0. The summed E-state index contributed by atoms with van der Waals surface area (Å²) in [6.07, 6.45) is -2.60. The maximum absolute atomic E-state index is 12.7. The van der Waals surface area contributed by atoms with E-state index in [1.54, 1.807) is 7.11 Å². The molecule has 0 aliphatic carbocycles. The fourth-order valence-corrected chi connectivity index (χ4v) is 1.44. The molecule has 1 aromatic rings. The first-order valence-electron chi connectivity index (χ1n) is 5.44. The fraction of sp³-hybridized carbons (Fsp3) is 0.385. The Morgan fingerprint density at radius 2 is 2.00 bits per heavy atom. The third-order valence-electron chi connectivity index (χ3n) is 2.31. The lowest BCUT2D eigenvalue weighted by Crippen LogP contribution is -2.08. The molecule has 0 aliphatic heterocycles. The maximum Gasteiger partial charge on any atom is 0.417 e. The number of alkyl halides is 3. The number of benzene rings is 1. The summed E-state index contributed by atoms with van der Waals surface area (Å²) >= 11 is 0. The molecule has 0 unspecified atom stereocenters. The van der Waals surface area contributed by atoms with E-state index < -0.39 is 11.7 Å². The van der Waals surface area contributed by atoms with E-state index in [4.69, 9.17) is 9.47 Å². The summed E-state index contributed by atoms with van der Waals surface area (Å²) in [5, 5.41) is 0. The molecular weight excluding hydrogens is 245 g/mol. The zero-order chi connectivity index (χ0) is 13.6. The second-order valence-corrected chi connectivity index (χ2v) is 3.65. The van der Waals surface area contributed by atoms with Gasteiger partial charge < -0.3 is 9.47 Å². The standard InChI is InChI=1S/C13H15F3O2/c1-3-10-5-6-11(18-8-4-7-17-2)9-12(10)13(14,15)16/h3,5-6,9H,1,4,7-8H2,2H3. The van der Waals surface area contributed by atoms with E-state index in [0.29, 0.717) is 19.6 Å². The molecule has 0 bridgehead atoms. The Balaban J connectivity index is 2.80. The van der Waals surface area contributed by atoms with Crippen molar-refractivity contribution in [1.29, 1.82) is 0 Å². The highest BCUT2D eigenvalue weighted by Gasteiger charge is 2.33. The highest BCUT2D eigenvalue weighted by Crippen LogP contribution is 2.34. The predicted molar refractivity (Wildman–Crippen MR) is 63.5 cm³/mol. The van der Waals surface area contributed by atoms with E-state index in [2.05, 4.69) is 6.58 Å². The van der Waals surface area contributed by atoms with Crippen molar-refractivity contribution in [2.75, 3.05) is 20.3 Å². The van der Waals surface area contributed by atoms with Gasteiger partial charge in [-0.25, -0.2) is 0 Å². The van der Waals surface area contributed by atoms with Gasteiger partial charge in [0.25, 0.3) is 0 Å². The highest BCUT2D eigenvalue weighted by molar-refractivity contribution is 5.55. The van der Waals surface area contributed by atoms with Crippen LogP contribution in [0.4, 0.5) is 13.2 Å². The lowest BCUT2D eigenvalue weighted by molar-refractivity contribution is -0.137. The molecule has 18 heavy (non-hydrogen) atoms. The molecule has 0 atom stereocenters. The minimum absolute atomic E-state index is 0.0479. The zero-order valence-corrected chi connectivity index (χ0v) is 10.1. The average molecular weight is 260 g/mol. The van der Waals surface area contributed by atoms with Crippen molar-refractivity contribution in [3.8, 4) is 5.75 Å². The van der Waals surface area contributed by atoms with Crippen LogP contribution in [0.5, 0.6) is 5.75 Å². The Morgan fingerprint density at radius 3 is 2.56 bits per heavy atom. The van der Waals surface area contributed by atoms with Crippen LogP contribution in [0.25, 0.3) is 6.08 Å². The Bertz CT molecular complexity index is 400. The first kappa shape index (κ1) is 14.6. The topological polar surface area (TPSA) is 18.5 Å². The van der Waals surface area contributed by atoms with E-state index in [0.717, 1.165) is 6.07 Å². The summed E-state index contributed by atoms with van der Waals surface area (Å²) in [7, 11) is 1.56. The van der Waals surface area contributed by atoms with Crippen LogP contribution in [0.3, 0.4) is 0 Å². The van der Waals surface area contributed by atoms with Gasteiger partial charge in [-0.15, -0.1) is 0 Å². The molecule has 0 N–H and O–H groups in total. The van der Waals surface area contributed by atoms with Gasteiger partial charge in [0, 0.05) is 20.1 Å². The molecule has 100 valence electrons. The Kier molecular flexibility index (Phi) is 5.22. The van der Waals surface area contributed by atoms with E-state index in [1.165, 1.54) is 18.2 Å². The number of methoxy groups -OCH3 is 1. The Morgan fingerprint density at radius 1 is 1.28 bits per heavy atom. The Labute approximate surface area is 104 Å². The fourth-order valence-electron chi connectivity index (χ4n) is 1.44. The van der Waals surface area contributed by atoms with Crippen molar-refractivity contribution >= 4 is 6.08 Å². The highest BCUT2D eigenvalue weighted by atomic mass is 19.4. The number of rotatable bonds is 6. The molecular formula is C13H15F3O2. The number of ether oxygens (including phenoxy) is 2. The SMILES string of the molecule is C=Cc1ccc(OCCCOC)cc1C(F)(F)F. The van der Waals surface area contributed by atoms with Gasteiger partial charge in [0.15, 0.2) is 0 Å². The molecule has 0 saturated carbocycles. The van der Waals surface area contributed by atoms with Crippen LogP contribution in [0.2, 0.25) is 0 Å². The van der Waals surface area contributed by atoms with Crippen LogP contribution in [-0.4, -0.2) is 20.3 Å². The third kappa shape index (κ3) is 4.07. The Hall–Kier alpha value is -1.49. The molecule has 0 fully saturated rings. The van der Waals surface area contributed by atoms with Crippen LogP contribution >= 0.6 is 0 Å². The monoisotopic (exact) mass is 260 g/mol. The summed E-state index contributed by atoms with van der Waals surface area (Å²) in [5.41, 5.74) is -0.687. The summed E-state index contributed by atoms with van der Waals surface area (Å²) in [6.45, 7) is 4.19. The quantitative estimate of drug-likeness (QED) is 0.725.